The van der Waals surface area contributed by atoms with Gasteiger partial charge in [-0.15, -0.1) is 0 Å². The third-order valence-electron chi connectivity index (χ3n) is 9.24. The van der Waals surface area contributed by atoms with E-state index in [-0.39, 0.29) is 30.3 Å². The molecule has 0 radical (unpaired) electrons. The number of carbonyl (C=O) groups is 3. The van der Waals surface area contributed by atoms with Gasteiger partial charge in [0, 0.05) is 50.6 Å². The third kappa shape index (κ3) is 4.55. The van der Waals surface area contributed by atoms with E-state index < -0.39 is 24.0 Å². The maximum absolute atomic E-state index is 14.4. The van der Waals surface area contributed by atoms with E-state index in [4.69, 9.17) is 15.2 Å². The number of benzene rings is 1. The van der Waals surface area contributed by atoms with Crippen LogP contribution in [0.2, 0.25) is 0 Å². The molecule has 4 atom stereocenters. The van der Waals surface area contributed by atoms with Crippen LogP contribution in [0.4, 0.5) is 5.69 Å². The zero-order chi connectivity index (χ0) is 25.7. The molecule has 1 aromatic carbocycles. The van der Waals surface area contributed by atoms with E-state index in [1.807, 2.05) is 12.1 Å². The third-order valence-corrected chi connectivity index (χ3v) is 9.24. The van der Waals surface area contributed by atoms with Gasteiger partial charge in [-0.25, -0.2) is 0 Å². The summed E-state index contributed by atoms with van der Waals surface area (Å²) in [5.74, 6) is -1.14. The number of carbonyl (C=O) groups excluding carboxylic acids is 3. The topological polar surface area (TPSA) is 105 Å². The number of ketones is 1. The van der Waals surface area contributed by atoms with Crippen LogP contribution in [0, 0.1) is 5.92 Å². The molecule has 0 spiro atoms. The molecule has 6 rings (SSSR count). The number of piperazine rings is 1. The van der Waals surface area contributed by atoms with Gasteiger partial charge in [-0.3, -0.25) is 19.3 Å². The molecule has 2 amide bonds. The molecule has 2 aliphatic carbocycles. The number of rotatable bonds is 7. The van der Waals surface area contributed by atoms with Gasteiger partial charge in [0.25, 0.3) is 0 Å². The Hall–Kier alpha value is -2.49. The molecule has 2 N–H and O–H groups in total. The van der Waals surface area contributed by atoms with E-state index in [1.165, 1.54) is 12.8 Å². The number of Topliss-reactive ketones (excluding diaryl/α,β-unsaturated/α-hetero) is 1. The first-order valence-electron chi connectivity index (χ1n) is 13.9. The molecule has 0 bridgehead atoms. The largest absolute Gasteiger partial charge is 0.377 e. The quantitative estimate of drug-likeness (QED) is 0.593. The molecule has 9 heteroatoms. The second-order valence-corrected chi connectivity index (χ2v) is 11.4. The smallest absolute Gasteiger partial charge is 0.249 e. The van der Waals surface area contributed by atoms with E-state index in [9.17, 15) is 14.4 Å². The van der Waals surface area contributed by atoms with Crippen LogP contribution in [0.15, 0.2) is 18.2 Å². The molecule has 200 valence electrons. The lowest BCUT2D eigenvalue weighted by Gasteiger charge is -2.37. The molecule has 3 heterocycles. The molecule has 5 fully saturated rings. The van der Waals surface area contributed by atoms with Crippen molar-refractivity contribution in [2.75, 3.05) is 51.3 Å². The number of methoxy groups -OCH3 is 1. The minimum Gasteiger partial charge on any atom is -0.377 e. The number of hydrogen-bond acceptors (Lipinski definition) is 7. The lowest BCUT2D eigenvalue weighted by Crippen LogP contribution is -2.47. The first-order valence-corrected chi connectivity index (χ1v) is 13.9. The summed E-state index contributed by atoms with van der Waals surface area (Å²) in [7, 11) is 1.59. The van der Waals surface area contributed by atoms with Crippen LogP contribution in [0.25, 0.3) is 0 Å². The highest BCUT2D eigenvalue weighted by molar-refractivity contribution is 5.99. The summed E-state index contributed by atoms with van der Waals surface area (Å²) in [6.45, 7) is 4.21. The van der Waals surface area contributed by atoms with Crippen molar-refractivity contribution in [1.82, 2.24) is 9.80 Å². The minimum absolute atomic E-state index is 0.00191. The van der Waals surface area contributed by atoms with Crippen molar-refractivity contribution in [3.63, 3.8) is 0 Å². The van der Waals surface area contributed by atoms with Crippen LogP contribution < -0.4 is 10.6 Å². The van der Waals surface area contributed by atoms with Crippen LogP contribution in [-0.4, -0.2) is 98.1 Å². The standard InChI is InChI=1S/C28H38N4O5/c1-36-23-15-32(25-22(33)16-37-26(23)25)28(35)24(17-4-2-3-5-17)21-14-19(8-9-20(21)27(29)34)31-12-10-30(11-13-31)18-6-7-18/h8-9,14,17-18,23-26H,2-7,10-13,15-16H2,1H3,(H2,29,34)/t23-,24-,25+,26+/m0/s1. The van der Waals surface area contributed by atoms with Gasteiger partial charge in [0.05, 0.1) is 12.5 Å². The Kier molecular flexibility index (Phi) is 6.71. The molecule has 1 aromatic rings. The number of ether oxygens (including phenoxy) is 2. The van der Waals surface area contributed by atoms with E-state index in [0.29, 0.717) is 17.7 Å². The second-order valence-electron chi connectivity index (χ2n) is 11.4. The Bertz CT molecular complexity index is 1060. The van der Waals surface area contributed by atoms with Crippen molar-refractivity contribution in [2.45, 2.75) is 68.7 Å². The Labute approximate surface area is 218 Å². The summed E-state index contributed by atoms with van der Waals surface area (Å²) in [5, 5.41) is 0. The Balaban J connectivity index is 1.34. The van der Waals surface area contributed by atoms with Crippen LogP contribution >= 0.6 is 0 Å². The second kappa shape index (κ2) is 10.0. The van der Waals surface area contributed by atoms with Gasteiger partial charge < -0.3 is 25.0 Å². The van der Waals surface area contributed by atoms with Crippen molar-refractivity contribution >= 4 is 23.3 Å². The summed E-state index contributed by atoms with van der Waals surface area (Å²) < 4.78 is 11.3. The average Bonchev–Trinajstić information content (AvgIpc) is 3.30. The summed E-state index contributed by atoms with van der Waals surface area (Å²) in [6.07, 6.45) is 5.77. The van der Waals surface area contributed by atoms with Gasteiger partial charge >= 0.3 is 0 Å². The SMILES string of the molecule is CO[C@H]1CN(C(=O)[C@H](c2cc(N3CCN(C4CC4)CC3)ccc2C(N)=O)C2CCCC2)[C@@H]2C(=O)CO[C@H]12. The fourth-order valence-corrected chi connectivity index (χ4v) is 7.12. The molecular formula is C28H38N4O5. The number of hydrogen-bond donors (Lipinski definition) is 1. The van der Waals surface area contributed by atoms with Crippen molar-refractivity contribution in [3.05, 3.63) is 29.3 Å². The van der Waals surface area contributed by atoms with Crippen molar-refractivity contribution in [3.8, 4) is 0 Å². The zero-order valence-electron chi connectivity index (χ0n) is 21.6. The molecule has 9 nitrogen and oxygen atoms in total. The zero-order valence-corrected chi connectivity index (χ0v) is 21.6. The minimum atomic E-state index is -0.628. The predicted octanol–water partition coefficient (Wildman–Crippen LogP) is 1.54. The van der Waals surface area contributed by atoms with Crippen LogP contribution in [-0.2, 0) is 19.1 Å². The van der Waals surface area contributed by atoms with Crippen LogP contribution in [0.5, 0.6) is 0 Å². The number of nitrogens with zero attached hydrogens (tertiary/aromatic N) is 3. The summed E-state index contributed by atoms with van der Waals surface area (Å²) >= 11 is 0. The number of primary amides is 1. The van der Waals surface area contributed by atoms with E-state index in [0.717, 1.165) is 63.6 Å². The highest BCUT2D eigenvalue weighted by Crippen LogP contribution is 2.43. The molecule has 2 saturated carbocycles. The number of nitrogens with two attached hydrogens (primary N) is 1. The van der Waals surface area contributed by atoms with Gasteiger partial charge in [0.15, 0.2) is 5.78 Å². The van der Waals surface area contributed by atoms with Crippen LogP contribution in [0.3, 0.4) is 0 Å². The fourth-order valence-electron chi connectivity index (χ4n) is 7.12. The molecule has 3 aliphatic heterocycles. The normalized spacial score (nSPS) is 29.6. The maximum Gasteiger partial charge on any atom is 0.249 e. The Morgan fingerprint density at radius 1 is 1.08 bits per heavy atom. The predicted molar refractivity (Wildman–Crippen MR) is 138 cm³/mol. The molecule has 3 saturated heterocycles. The van der Waals surface area contributed by atoms with Crippen LogP contribution in [0.1, 0.15) is 60.4 Å². The first-order chi connectivity index (χ1) is 18.0. The fraction of sp³-hybridized carbons (Fsp3) is 0.679. The van der Waals surface area contributed by atoms with Gasteiger partial charge in [0.2, 0.25) is 11.8 Å². The number of amides is 2. The molecule has 37 heavy (non-hydrogen) atoms. The highest BCUT2D eigenvalue weighted by Gasteiger charge is 2.54. The molecule has 5 aliphatic rings. The summed E-state index contributed by atoms with van der Waals surface area (Å²) in [6, 6.07) is 5.92. The first kappa shape index (κ1) is 24.8. The molecule has 0 aromatic heterocycles. The molecular weight excluding hydrogens is 472 g/mol. The van der Waals surface area contributed by atoms with Gasteiger partial charge in [-0.2, -0.15) is 0 Å². The summed E-state index contributed by atoms with van der Waals surface area (Å²) in [5.41, 5.74) is 8.00. The summed E-state index contributed by atoms with van der Waals surface area (Å²) in [4.78, 5) is 46.3. The number of likely N-dealkylation sites (tertiary alicyclic amines) is 1. The Morgan fingerprint density at radius 3 is 2.46 bits per heavy atom. The number of fused-ring (bicyclic) bond motifs is 1. The van der Waals surface area contributed by atoms with Crippen molar-refractivity contribution < 1.29 is 23.9 Å². The van der Waals surface area contributed by atoms with Crippen molar-refractivity contribution in [2.24, 2.45) is 11.7 Å². The maximum atomic E-state index is 14.4. The number of anilines is 1. The van der Waals surface area contributed by atoms with E-state index in [1.54, 1.807) is 18.1 Å². The molecule has 0 unspecified atom stereocenters. The highest BCUT2D eigenvalue weighted by atomic mass is 16.5. The monoisotopic (exact) mass is 510 g/mol. The Morgan fingerprint density at radius 2 is 1.81 bits per heavy atom. The lowest BCUT2D eigenvalue weighted by molar-refractivity contribution is -0.139. The van der Waals surface area contributed by atoms with Crippen molar-refractivity contribution in [1.29, 1.82) is 0 Å². The van der Waals surface area contributed by atoms with E-state index in [2.05, 4.69) is 9.80 Å². The average molecular weight is 511 g/mol. The van der Waals surface area contributed by atoms with Gasteiger partial charge in [-0.05, 0) is 55.4 Å². The van der Waals surface area contributed by atoms with Gasteiger partial charge in [0.1, 0.15) is 24.9 Å². The lowest BCUT2D eigenvalue weighted by atomic mass is 9.80. The van der Waals surface area contributed by atoms with Gasteiger partial charge in [-0.1, -0.05) is 12.8 Å². The van der Waals surface area contributed by atoms with E-state index >= 15 is 0 Å².